The Morgan fingerprint density at radius 3 is 2.92 bits per heavy atom. The van der Waals surface area contributed by atoms with Crippen LogP contribution in [0.4, 0.5) is 4.39 Å². The molecule has 0 bridgehead atoms. The van der Waals surface area contributed by atoms with Crippen molar-refractivity contribution in [3.63, 3.8) is 0 Å². The Balaban J connectivity index is 2.57. The molecule has 0 radical (unpaired) electrons. The lowest BCUT2D eigenvalue weighted by molar-refractivity contribution is 0.629. The molecule has 6 heteroatoms. The van der Waals surface area contributed by atoms with Crippen molar-refractivity contribution in [3.05, 3.63) is 28.5 Å². The highest BCUT2D eigenvalue weighted by Gasteiger charge is 2.08. The van der Waals surface area contributed by atoms with Gasteiger partial charge in [-0.15, -0.1) is 10.2 Å². The number of rotatable bonds is 1. The van der Waals surface area contributed by atoms with E-state index in [-0.39, 0.29) is 11.6 Å². The Bertz CT molecular complexity index is 414. The van der Waals surface area contributed by atoms with Crippen LogP contribution in [0, 0.1) is 5.82 Å². The quantitative estimate of drug-likeness (QED) is 0.830. The molecule has 0 amide bonds. The summed E-state index contributed by atoms with van der Waals surface area (Å²) in [6.07, 6.45) is 0. The second-order valence-corrected chi connectivity index (χ2v) is 3.28. The van der Waals surface area contributed by atoms with Gasteiger partial charge in [0.15, 0.2) is 0 Å². The van der Waals surface area contributed by atoms with Crippen LogP contribution < -0.4 is 0 Å². The second-order valence-electron chi connectivity index (χ2n) is 2.36. The van der Waals surface area contributed by atoms with Gasteiger partial charge in [-0.3, -0.25) is 0 Å². The molecule has 0 saturated carbocycles. The molecule has 13 heavy (non-hydrogen) atoms. The van der Waals surface area contributed by atoms with E-state index < -0.39 is 0 Å². The van der Waals surface area contributed by atoms with Crippen molar-refractivity contribution >= 4 is 15.9 Å². The van der Waals surface area contributed by atoms with Gasteiger partial charge in [0, 0.05) is 4.47 Å². The summed E-state index contributed by atoms with van der Waals surface area (Å²) in [5, 5.41) is 13.0. The molecule has 0 unspecified atom stereocenters. The Kier molecular flexibility index (Phi) is 2.05. The lowest BCUT2D eigenvalue weighted by atomic mass is 10.2. The Morgan fingerprint density at radius 1 is 1.38 bits per heavy atom. The maximum Gasteiger partial charge on any atom is 0.207 e. The third kappa shape index (κ3) is 1.57. The molecule has 0 fully saturated rings. The highest BCUT2D eigenvalue weighted by atomic mass is 79.9. The molecular weight excluding hydrogens is 239 g/mol. The van der Waals surface area contributed by atoms with Crippen molar-refractivity contribution in [1.82, 2.24) is 20.6 Å². The van der Waals surface area contributed by atoms with Gasteiger partial charge in [0.25, 0.3) is 0 Å². The molecule has 0 atom stereocenters. The maximum absolute atomic E-state index is 13.2. The second kappa shape index (κ2) is 3.21. The van der Waals surface area contributed by atoms with Gasteiger partial charge >= 0.3 is 0 Å². The van der Waals surface area contributed by atoms with Crippen LogP contribution in [0.3, 0.4) is 0 Å². The molecule has 0 spiro atoms. The number of nitrogens with one attached hydrogen (secondary N) is 1. The molecular formula is C7H4BrFN4. The van der Waals surface area contributed by atoms with Crippen LogP contribution in [0.1, 0.15) is 0 Å². The molecule has 1 aromatic heterocycles. The van der Waals surface area contributed by atoms with Crippen LogP contribution in [-0.2, 0) is 0 Å². The summed E-state index contributed by atoms with van der Waals surface area (Å²) in [5.41, 5.74) is 0.322. The number of benzene rings is 1. The highest BCUT2D eigenvalue weighted by molar-refractivity contribution is 9.10. The smallest absolute Gasteiger partial charge is 0.206 e. The Labute approximate surface area is 81.3 Å². The third-order valence-corrected chi connectivity index (χ3v) is 2.01. The van der Waals surface area contributed by atoms with Crippen LogP contribution in [0.2, 0.25) is 0 Å². The van der Waals surface area contributed by atoms with E-state index in [1.165, 1.54) is 6.07 Å². The number of hydrogen-bond donors (Lipinski definition) is 1. The zero-order chi connectivity index (χ0) is 9.26. The van der Waals surface area contributed by atoms with Crippen LogP contribution in [0.15, 0.2) is 22.7 Å². The van der Waals surface area contributed by atoms with E-state index in [1.807, 2.05) is 0 Å². The van der Waals surface area contributed by atoms with E-state index in [0.717, 1.165) is 4.47 Å². The number of nitrogens with zero attached hydrogens (tertiary/aromatic N) is 3. The van der Waals surface area contributed by atoms with E-state index in [9.17, 15) is 4.39 Å². The molecule has 0 aliphatic carbocycles. The van der Waals surface area contributed by atoms with Crippen molar-refractivity contribution in [1.29, 1.82) is 0 Å². The Hall–Kier alpha value is -1.30. The van der Waals surface area contributed by atoms with Gasteiger partial charge in [-0.1, -0.05) is 15.9 Å². The maximum atomic E-state index is 13.2. The standard InChI is InChI=1S/C7H4BrFN4/c8-4-1-2-6(9)5(3-4)7-10-12-13-11-7/h1-3H,(H,10,11,12,13). The van der Waals surface area contributed by atoms with Gasteiger partial charge in [-0.05, 0) is 23.4 Å². The van der Waals surface area contributed by atoms with Gasteiger partial charge in [0.1, 0.15) is 5.82 Å². The van der Waals surface area contributed by atoms with E-state index in [1.54, 1.807) is 12.1 Å². The van der Waals surface area contributed by atoms with Gasteiger partial charge in [-0.25, -0.2) is 4.39 Å². The van der Waals surface area contributed by atoms with Crippen LogP contribution in [0.25, 0.3) is 11.4 Å². The van der Waals surface area contributed by atoms with E-state index in [0.29, 0.717) is 5.56 Å². The van der Waals surface area contributed by atoms with Gasteiger partial charge in [0.05, 0.1) is 5.56 Å². The molecule has 0 aliphatic rings. The van der Waals surface area contributed by atoms with Crippen molar-refractivity contribution in [3.8, 4) is 11.4 Å². The minimum absolute atomic E-state index is 0.249. The number of aromatic amines is 1. The fraction of sp³-hybridized carbons (Fsp3) is 0. The van der Waals surface area contributed by atoms with Crippen molar-refractivity contribution in [2.24, 2.45) is 0 Å². The van der Waals surface area contributed by atoms with Gasteiger partial charge in [0.2, 0.25) is 5.82 Å². The molecule has 66 valence electrons. The first-order chi connectivity index (χ1) is 6.27. The molecule has 0 aliphatic heterocycles. The first kappa shape index (κ1) is 8.31. The SMILES string of the molecule is Fc1ccc(Br)cc1-c1nn[nH]n1. The number of H-pyrrole nitrogens is 1. The van der Waals surface area contributed by atoms with Crippen molar-refractivity contribution < 1.29 is 4.39 Å². The summed E-state index contributed by atoms with van der Waals surface area (Å²) in [6, 6.07) is 4.55. The monoisotopic (exact) mass is 242 g/mol. The summed E-state index contributed by atoms with van der Waals surface area (Å²) in [7, 11) is 0. The summed E-state index contributed by atoms with van der Waals surface area (Å²) < 4.78 is 14.0. The van der Waals surface area contributed by atoms with Crippen LogP contribution in [0.5, 0.6) is 0 Å². The average Bonchev–Trinajstić information content (AvgIpc) is 2.61. The fourth-order valence-corrected chi connectivity index (χ4v) is 1.31. The summed E-state index contributed by atoms with van der Waals surface area (Å²) in [6.45, 7) is 0. The van der Waals surface area contributed by atoms with Crippen molar-refractivity contribution in [2.45, 2.75) is 0 Å². The zero-order valence-corrected chi connectivity index (χ0v) is 7.92. The topological polar surface area (TPSA) is 54.5 Å². The predicted octanol–water partition coefficient (Wildman–Crippen LogP) is 1.77. The third-order valence-electron chi connectivity index (χ3n) is 1.51. The molecule has 2 aromatic rings. The lowest BCUT2D eigenvalue weighted by Gasteiger charge is -1.97. The summed E-state index contributed by atoms with van der Waals surface area (Å²) in [4.78, 5) is 0. The predicted molar refractivity (Wildman–Crippen MR) is 47.3 cm³/mol. The molecule has 0 saturated heterocycles. The first-order valence-corrected chi connectivity index (χ1v) is 4.25. The van der Waals surface area contributed by atoms with Crippen molar-refractivity contribution in [2.75, 3.05) is 0 Å². The van der Waals surface area contributed by atoms with E-state index in [2.05, 4.69) is 36.6 Å². The minimum Gasteiger partial charge on any atom is -0.206 e. The van der Waals surface area contributed by atoms with Gasteiger partial charge in [-0.2, -0.15) is 5.21 Å². The molecule has 1 aromatic carbocycles. The number of aromatic nitrogens is 4. The fourth-order valence-electron chi connectivity index (χ4n) is 0.945. The highest BCUT2D eigenvalue weighted by Crippen LogP contribution is 2.22. The minimum atomic E-state index is -0.371. The number of hydrogen-bond acceptors (Lipinski definition) is 3. The largest absolute Gasteiger partial charge is 0.207 e. The zero-order valence-electron chi connectivity index (χ0n) is 6.33. The van der Waals surface area contributed by atoms with Gasteiger partial charge < -0.3 is 0 Å². The first-order valence-electron chi connectivity index (χ1n) is 3.46. The lowest BCUT2D eigenvalue weighted by Crippen LogP contribution is -1.86. The molecule has 1 heterocycles. The average molecular weight is 243 g/mol. The van der Waals surface area contributed by atoms with Crippen LogP contribution >= 0.6 is 15.9 Å². The normalized spacial score (nSPS) is 10.3. The number of tetrazole rings is 1. The summed E-state index contributed by atoms with van der Waals surface area (Å²) >= 11 is 3.23. The molecule has 1 N–H and O–H groups in total. The molecule has 2 rings (SSSR count). The van der Waals surface area contributed by atoms with Crippen LogP contribution in [-0.4, -0.2) is 20.6 Å². The van der Waals surface area contributed by atoms with E-state index >= 15 is 0 Å². The summed E-state index contributed by atoms with van der Waals surface area (Å²) in [5.74, 6) is -0.122. The Morgan fingerprint density at radius 2 is 2.23 bits per heavy atom. The molecule has 4 nitrogen and oxygen atoms in total. The van der Waals surface area contributed by atoms with E-state index in [4.69, 9.17) is 0 Å². The number of halogens is 2.